The molecule has 0 unspecified atom stereocenters. The van der Waals surface area contributed by atoms with Crippen LogP contribution < -0.4 is 9.47 Å². The molecule has 5 rings (SSSR count). The van der Waals surface area contributed by atoms with Gasteiger partial charge in [-0.1, -0.05) is 72.8 Å². The van der Waals surface area contributed by atoms with E-state index < -0.39 is 11.9 Å². The molecule has 0 aliphatic rings. The lowest BCUT2D eigenvalue weighted by atomic mass is 10.1. The number of carbonyl (C=O) groups excluding carboxylic acids is 2. The van der Waals surface area contributed by atoms with Crippen LogP contribution in [0.4, 0.5) is 0 Å². The maximum atomic E-state index is 12.6. The smallest absolute Gasteiger partial charge is 0.343 e. The molecule has 154 valence electrons. The van der Waals surface area contributed by atoms with Crippen molar-refractivity contribution in [3.63, 3.8) is 0 Å². The van der Waals surface area contributed by atoms with Crippen molar-refractivity contribution in [2.24, 2.45) is 0 Å². The summed E-state index contributed by atoms with van der Waals surface area (Å²) in [7, 11) is 0. The minimum atomic E-state index is -0.490. The number of ether oxygens (including phenoxy) is 2. The summed E-state index contributed by atoms with van der Waals surface area (Å²) < 4.78 is 11.2. The fourth-order valence-electron chi connectivity index (χ4n) is 3.63. The standard InChI is InChI=1S/C28H18O4/c29-27(31-25-13-5-9-19-7-1-3-11-23(19)25)21-15-17-22(18-16-21)28(30)32-26-14-6-10-20-8-2-4-12-24(20)26/h1-18H. The zero-order valence-corrected chi connectivity index (χ0v) is 17.0. The maximum Gasteiger partial charge on any atom is 0.343 e. The summed E-state index contributed by atoms with van der Waals surface area (Å²) in [6.07, 6.45) is 0. The molecule has 5 aromatic rings. The van der Waals surface area contributed by atoms with Gasteiger partial charge in [0.1, 0.15) is 11.5 Å². The van der Waals surface area contributed by atoms with Gasteiger partial charge in [0.15, 0.2) is 0 Å². The van der Waals surface area contributed by atoms with Crippen molar-refractivity contribution in [1.29, 1.82) is 0 Å². The SMILES string of the molecule is O=C(Oc1cccc2ccccc12)c1ccc(C(=O)Oc2cccc3ccccc23)cc1. The van der Waals surface area contributed by atoms with E-state index in [-0.39, 0.29) is 0 Å². The molecule has 0 radical (unpaired) electrons. The molecule has 0 aliphatic carbocycles. The van der Waals surface area contributed by atoms with E-state index in [1.807, 2.05) is 72.8 Å². The van der Waals surface area contributed by atoms with Gasteiger partial charge in [0.25, 0.3) is 0 Å². The molecule has 4 nitrogen and oxygen atoms in total. The van der Waals surface area contributed by atoms with Crippen molar-refractivity contribution in [3.05, 3.63) is 120 Å². The summed E-state index contributed by atoms with van der Waals surface area (Å²) in [4.78, 5) is 25.3. The number of rotatable bonds is 4. The van der Waals surface area contributed by atoms with Crippen LogP contribution in [0, 0.1) is 0 Å². The van der Waals surface area contributed by atoms with E-state index in [0.29, 0.717) is 22.6 Å². The molecule has 0 N–H and O–H groups in total. The minimum absolute atomic E-state index is 0.347. The predicted molar refractivity (Wildman–Crippen MR) is 124 cm³/mol. The van der Waals surface area contributed by atoms with Gasteiger partial charge in [-0.2, -0.15) is 0 Å². The molecule has 0 atom stereocenters. The number of hydrogen-bond donors (Lipinski definition) is 0. The normalized spacial score (nSPS) is 10.8. The Morgan fingerprint density at radius 3 is 1.25 bits per heavy atom. The first-order chi connectivity index (χ1) is 15.7. The van der Waals surface area contributed by atoms with Crippen molar-refractivity contribution >= 4 is 33.5 Å². The third kappa shape index (κ3) is 3.82. The molecule has 0 spiro atoms. The molecular weight excluding hydrogens is 400 g/mol. The molecule has 32 heavy (non-hydrogen) atoms. The van der Waals surface area contributed by atoms with Gasteiger partial charge in [-0.15, -0.1) is 0 Å². The Kier molecular flexibility index (Phi) is 5.10. The topological polar surface area (TPSA) is 52.6 Å². The lowest BCUT2D eigenvalue weighted by Gasteiger charge is -2.09. The Balaban J connectivity index is 1.33. The van der Waals surface area contributed by atoms with Crippen molar-refractivity contribution < 1.29 is 19.1 Å². The number of hydrogen-bond acceptors (Lipinski definition) is 4. The Labute approximate surface area is 184 Å². The van der Waals surface area contributed by atoms with Crippen LogP contribution in [0.5, 0.6) is 11.5 Å². The minimum Gasteiger partial charge on any atom is -0.422 e. The highest BCUT2D eigenvalue weighted by Gasteiger charge is 2.14. The second-order valence-electron chi connectivity index (χ2n) is 7.31. The summed E-state index contributed by atoms with van der Waals surface area (Å²) in [6, 6.07) is 32.8. The molecule has 0 aromatic heterocycles. The van der Waals surface area contributed by atoms with Gasteiger partial charge in [0.05, 0.1) is 11.1 Å². The highest BCUT2D eigenvalue weighted by molar-refractivity contribution is 5.98. The molecule has 4 heteroatoms. The highest BCUT2D eigenvalue weighted by atomic mass is 16.5. The molecule has 0 saturated heterocycles. The van der Waals surface area contributed by atoms with Gasteiger partial charge >= 0.3 is 11.9 Å². The molecule has 0 fully saturated rings. The van der Waals surface area contributed by atoms with Gasteiger partial charge in [-0.3, -0.25) is 0 Å². The van der Waals surface area contributed by atoms with Gasteiger partial charge in [-0.25, -0.2) is 9.59 Å². The van der Waals surface area contributed by atoms with E-state index in [4.69, 9.17) is 9.47 Å². The number of fused-ring (bicyclic) bond motifs is 2. The lowest BCUT2D eigenvalue weighted by molar-refractivity contribution is 0.0723. The summed E-state index contributed by atoms with van der Waals surface area (Å²) in [5, 5.41) is 3.70. The molecule has 0 heterocycles. The van der Waals surface area contributed by atoms with E-state index in [1.165, 1.54) is 0 Å². The van der Waals surface area contributed by atoms with Crippen molar-refractivity contribution in [2.75, 3.05) is 0 Å². The Morgan fingerprint density at radius 2 is 0.812 bits per heavy atom. The van der Waals surface area contributed by atoms with Gasteiger partial charge in [0.2, 0.25) is 0 Å². The average molecular weight is 418 g/mol. The van der Waals surface area contributed by atoms with E-state index in [9.17, 15) is 9.59 Å². The van der Waals surface area contributed by atoms with Crippen molar-refractivity contribution in [1.82, 2.24) is 0 Å². The number of benzene rings is 5. The second kappa shape index (κ2) is 8.36. The van der Waals surface area contributed by atoms with Crippen molar-refractivity contribution in [2.45, 2.75) is 0 Å². The molecular formula is C28H18O4. The van der Waals surface area contributed by atoms with Crippen LogP contribution in [0.1, 0.15) is 20.7 Å². The first-order valence-corrected chi connectivity index (χ1v) is 10.2. The van der Waals surface area contributed by atoms with Crippen LogP contribution >= 0.6 is 0 Å². The maximum absolute atomic E-state index is 12.6. The van der Waals surface area contributed by atoms with Crippen LogP contribution in [0.15, 0.2) is 109 Å². The quantitative estimate of drug-likeness (QED) is 0.249. The van der Waals surface area contributed by atoms with Gasteiger partial charge < -0.3 is 9.47 Å². The molecule has 0 aliphatic heterocycles. The predicted octanol–water partition coefficient (Wildman–Crippen LogP) is 6.43. The highest BCUT2D eigenvalue weighted by Crippen LogP contribution is 2.27. The molecule has 0 amide bonds. The first-order valence-electron chi connectivity index (χ1n) is 10.2. The second-order valence-corrected chi connectivity index (χ2v) is 7.31. The van der Waals surface area contributed by atoms with E-state index >= 15 is 0 Å². The van der Waals surface area contributed by atoms with Gasteiger partial charge in [-0.05, 0) is 47.2 Å². The van der Waals surface area contributed by atoms with Crippen LogP contribution in [0.3, 0.4) is 0 Å². The monoisotopic (exact) mass is 418 g/mol. The summed E-state index contributed by atoms with van der Waals surface area (Å²) in [6.45, 7) is 0. The Morgan fingerprint density at radius 1 is 0.438 bits per heavy atom. The average Bonchev–Trinajstić information content (AvgIpc) is 2.84. The summed E-state index contributed by atoms with van der Waals surface area (Å²) in [5.74, 6) is 0.00531. The van der Waals surface area contributed by atoms with Crippen LogP contribution in [0.25, 0.3) is 21.5 Å². The summed E-state index contributed by atoms with van der Waals surface area (Å²) in [5.41, 5.74) is 0.694. The largest absolute Gasteiger partial charge is 0.422 e. The lowest BCUT2D eigenvalue weighted by Crippen LogP contribution is -2.11. The van der Waals surface area contributed by atoms with Crippen LogP contribution in [0.2, 0.25) is 0 Å². The molecule has 0 bridgehead atoms. The Bertz CT molecular complexity index is 1330. The van der Waals surface area contributed by atoms with Crippen LogP contribution in [-0.4, -0.2) is 11.9 Å². The fraction of sp³-hybridized carbons (Fsp3) is 0. The fourth-order valence-corrected chi connectivity index (χ4v) is 3.63. The number of carbonyl (C=O) groups is 2. The number of esters is 2. The van der Waals surface area contributed by atoms with Crippen LogP contribution in [-0.2, 0) is 0 Å². The molecule has 5 aromatic carbocycles. The summed E-state index contributed by atoms with van der Waals surface area (Å²) >= 11 is 0. The molecule has 0 saturated carbocycles. The van der Waals surface area contributed by atoms with E-state index in [2.05, 4.69) is 0 Å². The van der Waals surface area contributed by atoms with E-state index in [0.717, 1.165) is 21.5 Å². The zero-order chi connectivity index (χ0) is 21.9. The third-order valence-electron chi connectivity index (χ3n) is 5.26. The third-order valence-corrected chi connectivity index (χ3v) is 5.26. The van der Waals surface area contributed by atoms with E-state index in [1.54, 1.807) is 36.4 Å². The van der Waals surface area contributed by atoms with Gasteiger partial charge in [0, 0.05) is 10.8 Å². The first kappa shape index (κ1) is 19.5. The van der Waals surface area contributed by atoms with Crippen molar-refractivity contribution in [3.8, 4) is 11.5 Å². The zero-order valence-electron chi connectivity index (χ0n) is 17.0. The Hall–Kier alpha value is -4.44.